The van der Waals surface area contributed by atoms with Crippen LogP contribution in [0, 0.1) is 0 Å². The van der Waals surface area contributed by atoms with Crippen LogP contribution in [0.3, 0.4) is 0 Å². The van der Waals surface area contributed by atoms with Crippen LogP contribution in [-0.2, 0) is 13.1 Å². The lowest BCUT2D eigenvalue weighted by molar-refractivity contribution is 0.453. The van der Waals surface area contributed by atoms with Crippen molar-refractivity contribution in [3.8, 4) is 0 Å². The molecule has 0 atom stereocenters. The van der Waals surface area contributed by atoms with Crippen molar-refractivity contribution < 1.29 is 0 Å². The van der Waals surface area contributed by atoms with Gasteiger partial charge in [-0.05, 0) is 13.8 Å². The number of rotatable bonds is 2. The van der Waals surface area contributed by atoms with E-state index in [2.05, 4.69) is 0 Å². The van der Waals surface area contributed by atoms with Gasteiger partial charge < -0.3 is 0 Å². The number of hydrogen-bond donors (Lipinski definition) is 0. The standard InChI is InChI=1S/C8H12N2O2/c1-3-9-6-5-7(11)8(12)10(9)4-2/h5-6H,3-4H2,1-2H3. The Labute approximate surface area is 70.0 Å². The number of aromatic nitrogens is 2. The molecule has 0 radical (unpaired) electrons. The molecule has 0 aromatic carbocycles. The van der Waals surface area contributed by atoms with Crippen LogP contribution in [-0.4, -0.2) is 9.36 Å². The summed E-state index contributed by atoms with van der Waals surface area (Å²) < 4.78 is 3.16. The Morgan fingerprint density at radius 1 is 1.25 bits per heavy atom. The van der Waals surface area contributed by atoms with Gasteiger partial charge in [-0.25, -0.2) is 4.68 Å². The van der Waals surface area contributed by atoms with E-state index < -0.39 is 11.0 Å². The molecule has 4 heteroatoms. The minimum Gasteiger partial charge on any atom is -0.290 e. The normalized spacial score (nSPS) is 10.2. The Morgan fingerprint density at radius 3 is 2.42 bits per heavy atom. The zero-order valence-electron chi connectivity index (χ0n) is 7.28. The van der Waals surface area contributed by atoms with Gasteiger partial charge in [-0.3, -0.25) is 14.3 Å². The molecule has 1 heterocycles. The summed E-state index contributed by atoms with van der Waals surface area (Å²) in [4.78, 5) is 22.1. The lowest BCUT2D eigenvalue weighted by Crippen LogP contribution is -2.38. The van der Waals surface area contributed by atoms with Gasteiger partial charge in [-0.1, -0.05) is 0 Å². The Morgan fingerprint density at radius 2 is 1.92 bits per heavy atom. The smallest absolute Gasteiger partial charge is 0.290 e. The van der Waals surface area contributed by atoms with E-state index >= 15 is 0 Å². The summed E-state index contributed by atoms with van der Waals surface area (Å²) in [6, 6.07) is 1.30. The van der Waals surface area contributed by atoms with Gasteiger partial charge in [0, 0.05) is 25.4 Å². The highest BCUT2D eigenvalue weighted by molar-refractivity contribution is 4.88. The molecule has 1 aromatic heterocycles. The molecule has 1 rings (SSSR count). The quantitative estimate of drug-likeness (QED) is 0.586. The summed E-state index contributed by atoms with van der Waals surface area (Å²) in [7, 11) is 0. The summed E-state index contributed by atoms with van der Waals surface area (Å²) in [5, 5.41) is 0. The molecule has 1 aromatic rings. The highest BCUT2D eigenvalue weighted by Crippen LogP contribution is 1.81. The van der Waals surface area contributed by atoms with E-state index in [0.29, 0.717) is 13.1 Å². The largest absolute Gasteiger partial charge is 0.312 e. The molecular formula is C8H12N2O2. The topological polar surface area (TPSA) is 44.0 Å². The van der Waals surface area contributed by atoms with Gasteiger partial charge in [0.1, 0.15) is 0 Å². The second-order valence-corrected chi connectivity index (χ2v) is 2.46. The molecule has 0 saturated carbocycles. The lowest BCUT2D eigenvalue weighted by atomic mass is 10.5. The first-order valence-corrected chi connectivity index (χ1v) is 4.01. The summed E-state index contributed by atoms with van der Waals surface area (Å²) in [5.41, 5.74) is -0.886. The maximum absolute atomic E-state index is 11.2. The zero-order valence-corrected chi connectivity index (χ0v) is 7.28. The van der Waals surface area contributed by atoms with E-state index in [1.165, 1.54) is 10.7 Å². The third-order valence-electron chi connectivity index (χ3n) is 1.78. The fraction of sp³-hybridized carbons (Fsp3) is 0.500. The van der Waals surface area contributed by atoms with Gasteiger partial charge in [0.25, 0.3) is 0 Å². The minimum atomic E-state index is -0.443. The number of aryl methyl sites for hydroxylation is 1. The predicted octanol–water partition coefficient (Wildman–Crippen LogP) is 0.0498. The third kappa shape index (κ3) is 1.32. The van der Waals surface area contributed by atoms with Gasteiger partial charge in [-0.2, -0.15) is 0 Å². The first-order chi connectivity index (χ1) is 5.70. The van der Waals surface area contributed by atoms with Crippen LogP contribution in [0.1, 0.15) is 13.8 Å². The van der Waals surface area contributed by atoms with E-state index in [1.54, 1.807) is 10.9 Å². The Kier molecular flexibility index (Phi) is 2.47. The molecule has 0 unspecified atom stereocenters. The molecule has 0 spiro atoms. The van der Waals surface area contributed by atoms with Crippen molar-refractivity contribution in [2.24, 2.45) is 0 Å². The second kappa shape index (κ2) is 3.38. The van der Waals surface area contributed by atoms with Crippen molar-refractivity contribution >= 4 is 0 Å². The molecule has 0 aliphatic carbocycles. The van der Waals surface area contributed by atoms with E-state index in [0.717, 1.165) is 0 Å². The lowest BCUT2D eigenvalue weighted by Gasteiger charge is -2.10. The fourth-order valence-corrected chi connectivity index (χ4v) is 1.15. The van der Waals surface area contributed by atoms with Crippen LogP contribution >= 0.6 is 0 Å². The van der Waals surface area contributed by atoms with Gasteiger partial charge in [-0.15, -0.1) is 0 Å². The van der Waals surface area contributed by atoms with Gasteiger partial charge in [0.2, 0.25) is 5.43 Å². The number of hydrogen-bond acceptors (Lipinski definition) is 2. The molecule has 0 fully saturated rings. The van der Waals surface area contributed by atoms with Crippen LogP contribution < -0.4 is 11.0 Å². The molecule has 0 aliphatic heterocycles. The van der Waals surface area contributed by atoms with E-state index in [1.807, 2.05) is 13.8 Å². The average molecular weight is 168 g/mol. The first kappa shape index (κ1) is 8.77. The third-order valence-corrected chi connectivity index (χ3v) is 1.78. The molecule has 66 valence electrons. The Bertz CT molecular complexity index is 375. The second-order valence-electron chi connectivity index (χ2n) is 2.46. The predicted molar refractivity (Wildman–Crippen MR) is 46.3 cm³/mol. The van der Waals surface area contributed by atoms with Crippen LogP contribution in [0.25, 0.3) is 0 Å². The van der Waals surface area contributed by atoms with Crippen LogP contribution in [0.5, 0.6) is 0 Å². The summed E-state index contributed by atoms with van der Waals surface area (Å²) in [5.74, 6) is 0. The van der Waals surface area contributed by atoms with Crippen molar-refractivity contribution in [3.05, 3.63) is 32.8 Å². The molecule has 0 bridgehead atoms. The molecule has 0 amide bonds. The summed E-state index contributed by atoms with van der Waals surface area (Å²) >= 11 is 0. The van der Waals surface area contributed by atoms with Gasteiger partial charge >= 0.3 is 5.56 Å². The Balaban J connectivity index is 3.46. The average Bonchev–Trinajstić information content (AvgIpc) is 2.09. The van der Waals surface area contributed by atoms with Crippen LogP contribution in [0.15, 0.2) is 21.9 Å². The van der Waals surface area contributed by atoms with Crippen molar-refractivity contribution in [1.82, 2.24) is 9.36 Å². The van der Waals surface area contributed by atoms with Crippen molar-refractivity contribution in [3.63, 3.8) is 0 Å². The first-order valence-electron chi connectivity index (χ1n) is 4.01. The highest BCUT2D eigenvalue weighted by Gasteiger charge is 1.99. The Hall–Kier alpha value is -1.32. The molecule has 12 heavy (non-hydrogen) atoms. The highest BCUT2D eigenvalue weighted by atomic mass is 16.2. The molecule has 4 nitrogen and oxygen atoms in total. The van der Waals surface area contributed by atoms with Crippen LogP contribution in [0.2, 0.25) is 0 Å². The van der Waals surface area contributed by atoms with Crippen molar-refractivity contribution in [1.29, 1.82) is 0 Å². The number of nitrogens with zero attached hydrogens (tertiary/aromatic N) is 2. The minimum absolute atomic E-state index is 0.443. The molecule has 0 saturated heterocycles. The SMILES string of the molecule is CCn1ccc(=O)c(=O)n1CC. The maximum atomic E-state index is 11.2. The van der Waals surface area contributed by atoms with Crippen LogP contribution in [0.4, 0.5) is 0 Å². The van der Waals surface area contributed by atoms with Crippen molar-refractivity contribution in [2.75, 3.05) is 0 Å². The molecule has 0 aliphatic rings. The zero-order chi connectivity index (χ0) is 9.14. The fourth-order valence-electron chi connectivity index (χ4n) is 1.15. The van der Waals surface area contributed by atoms with Gasteiger partial charge in [0.05, 0.1) is 0 Å². The molecule has 0 N–H and O–H groups in total. The summed E-state index contributed by atoms with van der Waals surface area (Å²) in [6.07, 6.45) is 1.63. The van der Waals surface area contributed by atoms with E-state index in [9.17, 15) is 9.59 Å². The van der Waals surface area contributed by atoms with Crippen molar-refractivity contribution in [2.45, 2.75) is 26.9 Å². The monoisotopic (exact) mass is 168 g/mol. The van der Waals surface area contributed by atoms with Gasteiger partial charge in [0.15, 0.2) is 0 Å². The van der Waals surface area contributed by atoms with E-state index in [4.69, 9.17) is 0 Å². The molecular weight excluding hydrogens is 156 g/mol. The van der Waals surface area contributed by atoms with E-state index in [-0.39, 0.29) is 0 Å². The summed E-state index contributed by atoms with van der Waals surface area (Å²) in [6.45, 7) is 5.00. The maximum Gasteiger partial charge on any atom is 0.312 e.